The molecule has 0 aliphatic heterocycles. The van der Waals surface area contributed by atoms with Gasteiger partial charge in [0.1, 0.15) is 18.2 Å². The third-order valence-corrected chi connectivity index (χ3v) is 5.70. The quantitative estimate of drug-likeness (QED) is 0.411. The molecule has 1 aromatic carbocycles. The van der Waals surface area contributed by atoms with Crippen LogP contribution in [0.1, 0.15) is 19.9 Å². The molecule has 0 aliphatic rings. The first-order chi connectivity index (χ1) is 16.1. The van der Waals surface area contributed by atoms with Gasteiger partial charge >= 0.3 is 6.18 Å². The number of aromatic amines is 1. The summed E-state index contributed by atoms with van der Waals surface area (Å²) in [6.07, 6.45) is -1.39. The van der Waals surface area contributed by atoms with Crippen molar-refractivity contribution in [1.29, 1.82) is 0 Å². The summed E-state index contributed by atoms with van der Waals surface area (Å²) in [5, 5.41) is 3.76. The molecule has 3 aromatic heterocycles. The van der Waals surface area contributed by atoms with Gasteiger partial charge in [-0.05, 0) is 24.1 Å². The fraction of sp³-hybridized carbons (Fsp3) is 0.348. The van der Waals surface area contributed by atoms with Crippen molar-refractivity contribution in [3.8, 4) is 11.5 Å². The molecule has 11 heteroatoms. The summed E-state index contributed by atoms with van der Waals surface area (Å²) in [6, 6.07) is 3.64. The number of carbonyl (C=O) groups is 1. The highest BCUT2D eigenvalue weighted by molar-refractivity contribution is 6.14. The predicted molar refractivity (Wildman–Crippen MR) is 121 cm³/mol. The zero-order valence-electron chi connectivity index (χ0n) is 18.9. The van der Waals surface area contributed by atoms with E-state index in [0.29, 0.717) is 38.8 Å². The van der Waals surface area contributed by atoms with Gasteiger partial charge in [0.2, 0.25) is 5.91 Å². The van der Waals surface area contributed by atoms with Crippen molar-refractivity contribution in [2.45, 2.75) is 26.1 Å². The standard InChI is InChI=1S/C23H23F3N4O4/c1-11(2)18(21(31)29-10-23(24,25)26)30-19-12-5-6-27-20(12)28-9-15(19)13-7-16(33-3)17(34-4)8-14(13)22(30)32/h5-9,11,18H,10H2,1-4H3,(H,27,28)(H,29,31)/t18-/m1/s1. The van der Waals surface area contributed by atoms with E-state index in [1.807, 2.05) is 5.32 Å². The van der Waals surface area contributed by atoms with E-state index in [2.05, 4.69) is 9.97 Å². The number of methoxy groups -OCH3 is 2. The minimum atomic E-state index is -4.59. The molecule has 3 heterocycles. The van der Waals surface area contributed by atoms with Gasteiger partial charge in [-0.3, -0.25) is 14.2 Å². The number of pyridine rings is 2. The lowest BCUT2D eigenvalue weighted by molar-refractivity contribution is -0.141. The van der Waals surface area contributed by atoms with Gasteiger partial charge in [-0.2, -0.15) is 13.2 Å². The van der Waals surface area contributed by atoms with Crippen LogP contribution in [0.25, 0.3) is 32.7 Å². The number of benzene rings is 1. The molecule has 1 atom stereocenters. The van der Waals surface area contributed by atoms with Gasteiger partial charge in [0, 0.05) is 28.6 Å². The molecule has 1 amide bonds. The number of halogens is 3. The van der Waals surface area contributed by atoms with Crippen LogP contribution in [0.5, 0.6) is 11.5 Å². The molecule has 0 spiro atoms. The molecule has 0 saturated carbocycles. The second kappa shape index (κ2) is 8.54. The number of amides is 1. The lowest BCUT2D eigenvalue weighted by atomic mass is 9.99. The highest BCUT2D eigenvalue weighted by Crippen LogP contribution is 2.37. The zero-order chi connectivity index (χ0) is 24.8. The first-order valence-corrected chi connectivity index (χ1v) is 10.5. The number of nitrogens with zero attached hydrogens (tertiary/aromatic N) is 2. The first-order valence-electron chi connectivity index (χ1n) is 10.5. The van der Waals surface area contributed by atoms with E-state index in [1.165, 1.54) is 24.9 Å². The van der Waals surface area contributed by atoms with Crippen LogP contribution >= 0.6 is 0 Å². The fourth-order valence-electron chi connectivity index (χ4n) is 4.24. The fourth-order valence-corrected chi connectivity index (χ4v) is 4.24. The van der Waals surface area contributed by atoms with E-state index in [1.54, 1.807) is 38.4 Å². The predicted octanol–water partition coefficient (Wildman–Crippen LogP) is 3.92. The van der Waals surface area contributed by atoms with Crippen LogP contribution in [0.3, 0.4) is 0 Å². The summed E-state index contributed by atoms with van der Waals surface area (Å²) < 4.78 is 50.5. The minimum Gasteiger partial charge on any atom is -0.493 e. The number of carbonyl (C=O) groups excluding carboxylic acids is 1. The van der Waals surface area contributed by atoms with E-state index in [4.69, 9.17) is 9.47 Å². The molecule has 180 valence electrons. The van der Waals surface area contributed by atoms with Gasteiger partial charge in [0.15, 0.2) is 11.5 Å². The van der Waals surface area contributed by atoms with Gasteiger partial charge in [-0.15, -0.1) is 0 Å². The third-order valence-electron chi connectivity index (χ3n) is 5.70. The Hall–Kier alpha value is -3.76. The van der Waals surface area contributed by atoms with Crippen molar-refractivity contribution in [2.24, 2.45) is 5.92 Å². The molecular formula is C23H23F3N4O4. The van der Waals surface area contributed by atoms with E-state index in [0.717, 1.165) is 0 Å². The van der Waals surface area contributed by atoms with Gasteiger partial charge in [-0.25, -0.2) is 4.98 Å². The number of ether oxygens (including phenoxy) is 2. The Labute approximate surface area is 191 Å². The molecule has 2 N–H and O–H groups in total. The maximum atomic E-state index is 13.9. The molecule has 0 unspecified atom stereocenters. The number of nitrogens with one attached hydrogen (secondary N) is 2. The molecular weight excluding hydrogens is 453 g/mol. The normalized spacial score (nSPS) is 13.1. The van der Waals surface area contributed by atoms with Crippen molar-refractivity contribution >= 4 is 38.6 Å². The van der Waals surface area contributed by atoms with Crippen LogP contribution in [0.2, 0.25) is 0 Å². The lowest BCUT2D eigenvalue weighted by Crippen LogP contribution is -2.43. The van der Waals surface area contributed by atoms with Crippen molar-refractivity contribution < 1.29 is 27.4 Å². The number of H-pyrrole nitrogens is 1. The molecule has 0 radical (unpaired) electrons. The maximum Gasteiger partial charge on any atom is 0.405 e. The largest absolute Gasteiger partial charge is 0.493 e. The maximum absolute atomic E-state index is 13.9. The van der Waals surface area contributed by atoms with Crippen LogP contribution in [-0.2, 0) is 4.79 Å². The molecule has 8 nitrogen and oxygen atoms in total. The Morgan fingerprint density at radius 1 is 1.12 bits per heavy atom. The number of hydrogen-bond acceptors (Lipinski definition) is 5. The molecule has 0 saturated heterocycles. The summed E-state index contributed by atoms with van der Waals surface area (Å²) in [5.41, 5.74) is 0.313. The van der Waals surface area contributed by atoms with E-state index < -0.39 is 36.1 Å². The molecule has 0 aliphatic carbocycles. The third kappa shape index (κ3) is 3.91. The van der Waals surface area contributed by atoms with Crippen molar-refractivity contribution in [3.05, 3.63) is 40.9 Å². The summed E-state index contributed by atoms with van der Waals surface area (Å²) in [6.45, 7) is 1.84. The molecule has 0 bridgehead atoms. The second-order valence-electron chi connectivity index (χ2n) is 8.21. The van der Waals surface area contributed by atoms with E-state index in [9.17, 15) is 22.8 Å². The summed E-state index contributed by atoms with van der Waals surface area (Å²) in [5.74, 6) is -0.716. The number of alkyl halides is 3. The number of fused-ring (bicyclic) bond motifs is 5. The van der Waals surface area contributed by atoms with Crippen LogP contribution in [0.15, 0.2) is 35.4 Å². The van der Waals surface area contributed by atoms with Crippen molar-refractivity contribution in [3.63, 3.8) is 0 Å². The SMILES string of the molecule is COc1cc2c(=O)n([C@@H](C(=O)NCC(F)(F)F)C(C)C)c3c4cc[nH]c4ncc3c2cc1OC. The van der Waals surface area contributed by atoms with Gasteiger partial charge in [0.25, 0.3) is 5.56 Å². The van der Waals surface area contributed by atoms with Crippen molar-refractivity contribution in [2.75, 3.05) is 20.8 Å². The molecule has 34 heavy (non-hydrogen) atoms. The second-order valence-corrected chi connectivity index (χ2v) is 8.21. The first kappa shape index (κ1) is 23.4. The van der Waals surface area contributed by atoms with Gasteiger partial charge in [-0.1, -0.05) is 13.8 Å². The molecule has 4 aromatic rings. The van der Waals surface area contributed by atoms with Crippen LogP contribution < -0.4 is 20.3 Å². The Balaban J connectivity index is 2.12. The minimum absolute atomic E-state index is 0.219. The monoisotopic (exact) mass is 476 g/mol. The number of hydrogen-bond donors (Lipinski definition) is 2. The van der Waals surface area contributed by atoms with Crippen molar-refractivity contribution in [1.82, 2.24) is 19.9 Å². The number of rotatable bonds is 6. The highest BCUT2D eigenvalue weighted by Gasteiger charge is 2.33. The van der Waals surface area contributed by atoms with E-state index >= 15 is 0 Å². The zero-order valence-corrected chi connectivity index (χ0v) is 18.9. The number of aromatic nitrogens is 3. The van der Waals surface area contributed by atoms with Crippen LogP contribution in [0.4, 0.5) is 13.2 Å². The Kier molecular flexibility index (Phi) is 5.88. The summed E-state index contributed by atoms with van der Waals surface area (Å²) >= 11 is 0. The lowest BCUT2D eigenvalue weighted by Gasteiger charge is -2.26. The summed E-state index contributed by atoms with van der Waals surface area (Å²) in [7, 11) is 2.89. The smallest absolute Gasteiger partial charge is 0.405 e. The highest BCUT2D eigenvalue weighted by atomic mass is 19.4. The Morgan fingerprint density at radius 3 is 2.35 bits per heavy atom. The van der Waals surface area contributed by atoms with E-state index in [-0.39, 0.29) is 5.39 Å². The van der Waals surface area contributed by atoms with Crippen LogP contribution in [0, 0.1) is 5.92 Å². The van der Waals surface area contributed by atoms with Gasteiger partial charge in [0.05, 0.1) is 25.1 Å². The molecule has 0 fully saturated rings. The van der Waals surface area contributed by atoms with Gasteiger partial charge < -0.3 is 19.8 Å². The average molecular weight is 476 g/mol. The molecule has 4 rings (SSSR count). The summed E-state index contributed by atoms with van der Waals surface area (Å²) in [4.78, 5) is 34.3. The van der Waals surface area contributed by atoms with Crippen LogP contribution in [-0.4, -0.2) is 47.4 Å². The topological polar surface area (TPSA) is 98.2 Å². The Bertz CT molecular complexity index is 1460. The average Bonchev–Trinajstić information content (AvgIpc) is 3.27. The Morgan fingerprint density at radius 2 is 1.76 bits per heavy atom.